The lowest BCUT2D eigenvalue weighted by atomic mass is 9.92. The fraction of sp³-hybridized carbons (Fsp3) is 0.900. The van der Waals surface area contributed by atoms with Crippen LogP contribution in [0.5, 0.6) is 0 Å². The summed E-state index contributed by atoms with van der Waals surface area (Å²) in [6, 6.07) is 0.116. The number of likely N-dealkylation sites (tertiary alicyclic amines) is 1. The second-order valence-electron chi connectivity index (χ2n) is 4.23. The fourth-order valence-electron chi connectivity index (χ4n) is 2.85. The van der Waals surface area contributed by atoms with Gasteiger partial charge in [0.15, 0.2) is 0 Å². The monoisotopic (exact) mass is 203 g/mol. The number of hydrogen-bond donors (Lipinski definition) is 0. The molecule has 0 spiro atoms. The minimum absolute atomic E-state index is 0.116. The van der Waals surface area contributed by atoms with Crippen molar-refractivity contribution in [3.8, 4) is 0 Å². The lowest BCUT2D eigenvalue weighted by molar-refractivity contribution is -0.147. The predicted octanol–water partition coefficient (Wildman–Crippen LogP) is 2.04. The van der Waals surface area contributed by atoms with Crippen LogP contribution in [0.15, 0.2) is 0 Å². The quantitative estimate of drug-likeness (QED) is 0.638. The van der Waals surface area contributed by atoms with Crippen LogP contribution in [-0.4, -0.2) is 29.8 Å². The van der Waals surface area contributed by atoms with E-state index < -0.39 is 12.3 Å². The summed E-state index contributed by atoms with van der Waals surface area (Å²) >= 11 is 0. The highest BCUT2D eigenvalue weighted by Gasteiger charge is 2.39. The lowest BCUT2D eigenvalue weighted by Gasteiger charge is -2.37. The third-order valence-corrected chi connectivity index (χ3v) is 3.46. The zero-order valence-corrected chi connectivity index (χ0v) is 8.09. The summed E-state index contributed by atoms with van der Waals surface area (Å²) in [4.78, 5) is 12.6. The molecule has 0 aromatic rings. The van der Waals surface area contributed by atoms with Gasteiger partial charge in [-0.3, -0.25) is 4.79 Å². The van der Waals surface area contributed by atoms with E-state index in [1.807, 2.05) is 0 Å². The van der Waals surface area contributed by atoms with E-state index in [1.54, 1.807) is 0 Å². The van der Waals surface area contributed by atoms with Crippen LogP contribution in [0.4, 0.5) is 8.78 Å². The first-order valence-electron chi connectivity index (χ1n) is 5.29. The molecule has 0 N–H and O–H groups in total. The molecule has 1 amide bonds. The summed E-state index contributed by atoms with van der Waals surface area (Å²) in [7, 11) is 0. The molecule has 2 nitrogen and oxygen atoms in total. The Kier molecular flexibility index (Phi) is 2.70. The van der Waals surface area contributed by atoms with E-state index in [0.29, 0.717) is 12.5 Å². The largest absolute Gasteiger partial charge is 0.334 e. The van der Waals surface area contributed by atoms with Crippen LogP contribution in [0, 0.1) is 5.92 Å². The summed E-state index contributed by atoms with van der Waals surface area (Å²) in [5.41, 5.74) is 0. The van der Waals surface area contributed by atoms with Crippen molar-refractivity contribution < 1.29 is 13.6 Å². The van der Waals surface area contributed by atoms with Crippen LogP contribution in [0.3, 0.4) is 0 Å². The highest BCUT2D eigenvalue weighted by molar-refractivity contribution is 5.79. The topological polar surface area (TPSA) is 20.3 Å². The SMILES string of the molecule is O=C(C(F)F)N1CCCC2CCCC21. The Morgan fingerprint density at radius 3 is 2.64 bits per heavy atom. The van der Waals surface area contributed by atoms with Crippen molar-refractivity contribution in [3.05, 3.63) is 0 Å². The van der Waals surface area contributed by atoms with E-state index in [1.165, 1.54) is 4.90 Å². The molecule has 1 heterocycles. The number of halogens is 2. The van der Waals surface area contributed by atoms with Gasteiger partial charge in [0.25, 0.3) is 5.91 Å². The van der Waals surface area contributed by atoms with Gasteiger partial charge in [-0.15, -0.1) is 0 Å². The van der Waals surface area contributed by atoms with E-state index in [-0.39, 0.29) is 6.04 Å². The van der Waals surface area contributed by atoms with Crippen molar-refractivity contribution in [2.75, 3.05) is 6.54 Å². The normalized spacial score (nSPS) is 32.1. The standard InChI is InChI=1S/C10H15F2NO/c11-9(12)10(14)13-6-2-4-7-3-1-5-8(7)13/h7-9H,1-6H2. The molecular weight excluding hydrogens is 188 g/mol. The molecule has 4 heteroatoms. The number of piperidine rings is 1. The number of carbonyl (C=O) groups excluding carboxylic acids is 1. The maximum atomic E-state index is 12.3. The molecule has 1 aliphatic carbocycles. The van der Waals surface area contributed by atoms with Gasteiger partial charge in [0.05, 0.1) is 0 Å². The maximum Gasteiger partial charge on any atom is 0.315 e. The first-order chi connectivity index (χ1) is 6.70. The number of rotatable bonds is 1. The first kappa shape index (κ1) is 9.87. The minimum Gasteiger partial charge on any atom is -0.334 e. The highest BCUT2D eigenvalue weighted by atomic mass is 19.3. The molecule has 2 rings (SSSR count). The van der Waals surface area contributed by atoms with Gasteiger partial charge in [-0.2, -0.15) is 8.78 Å². The summed E-state index contributed by atoms with van der Waals surface area (Å²) in [5.74, 6) is -0.465. The summed E-state index contributed by atoms with van der Waals surface area (Å²) in [6.45, 7) is 0.532. The average molecular weight is 203 g/mol. The molecule has 0 aromatic heterocycles. The van der Waals surface area contributed by atoms with Crippen molar-refractivity contribution in [1.82, 2.24) is 4.90 Å². The van der Waals surface area contributed by atoms with Crippen LogP contribution < -0.4 is 0 Å². The van der Waals surface area contributed by atoms with E-state index in [4.69, 9.17) is 0 Å². The number of fused-ring (bicyclic) bond motifs is 1. The fourth-order valence-corrected chi connectivity index (χ4v) is 2.85. The Balaban J connectivity index is 2.06. The summed E-state index contributed by atoms with van der Waals surface area (Å²) in [6.07, 6.45) is 2.29. The number of nitrogens with zero attached hydrogens (tertiary/aromatic N) is 1. The highest BCUT2D eigenvalue weighted by Crippen LogP contribution is 2.37. The average Bonchev–Trinajstić information content (AvgIpc) is 2.63. The zero-order chi connectivity index (χ0) is 10.1. The van der Waals surface area contributed by atoms with Gasteiger partial charge < -0.3 is 4.90 Å². The van der Waals surface area contributed by atoms with E-state index in [9.17, 15) is 13.6 Å². The molecule has 0 aromatic carbocycles. The van der Waals surface area contributed by atoms with Crippen molar-refractivity contribution in [2.45, 2.75) is 44.6 Å². The van der Waals surface area contributed by atoms with E-state index in [2.05, 4.69) is 0 Å². The van der Waals surface area contributed by atoms with Crippen LogP contribution in [0.1, 0.15) is 32.1 Å². The second kappa shape index (κ2) is 3.83. The Labute approximate surface area is 82.3 Å². The Morgan fingerprint density at radius 1 is 1.21 bits per heavy atom. The Morgan fingerprint density at radius 2 is 1.93 bits per heavy atom. The van der Waals surface area contributed by atoms with Gasteiger partial charge in [0.1, 0.15) is 0 Å². The summed E-state index contributed by atoms with van der Waals surface area (Å²) < 4.78 is 24.6. The predicted molar refractivity (Wildman–Crippen MR) is 48.1 cm³/mol. The molecule has 0 bridgehead atoms. The van der Waals surface area contributed by atoms with Crippen LogP contribution in [0.25, 0.3) is 0 Å². The van der Waals surface area contributed by atoms with Gasteiger partial charge in [0, 0.05) is 12.6 Å². The molecule has 0 radical (unpaired) electrons. The van der Waals surface area contributed by atoms with Gasteiger partial charge in [-0.25, -0.2) is 0 Å². The van der Waals surface area contributed by atoms with Crippen molar-refractivity contribution >= 4 is 5.91 Å². The third-order valence-electron chi connectivity index (χ3n) is 3.46. The van der Waals surface area contributed by atoms with Crippen LogP contribution >= 0.6 is 0 Å². The van der Waals surface area contributed by atoms with Crippen molar-refractivity contribution in [3.63, 3.8) is 0 Å². The van der Waals surface area contributed by atoms with Crippen LogP contribution in [-0.2, 0) is 4.79 Å². The molecule has 2 fully saturated rings. The summed E-state index contributed by atoms with van der Waals surface area (Å²) in [5, 5.41) is 0. The zero-order valence-electron chi connectivity index (χ0n) is 8.09. The Hall–Kier alpha value is -0.670. The Bertz CT molecular complexity index is 232. The minimum atomic E-state index is -2.82. The van der Waals surface area contributed by atoms with Crippen LogP contribution in [0.2, 0.25) is 0 Å². The molecule has 2 atom stereocenters. The van der Waals surface area contributed by atoms with Crippen molar-refractivity contribution in [1.29, 1.82) is 0 Å². The first-order valence-corrected chi connectivity index (χ1v) is 5.29. The molecule has 14 heavy (non-hydrogen) atoms. The molecule has 2 unspecified atom stereocenters. The molecular formula is C10H15F2NO. The van der Waals surface area contributed by atoms with Gasteiger partial charge in [-0.1, -0.05) is 6.42 Å². The maximum absolute atomic E-state index is 12.3. The van der Waals surface area contributed by atoms with Gasteiger partial charge in [-0.05, 0) is 31.6 Å². The molecule has 1 saturated heterocycles. The molecule has 80 valence electrons. The van der Waals surface area contributed by atoms with Gasteiger partial charge in [0.2, 0.25) is 0 Å². The molecule has 1 aliphatic heterocycles. The lowest BCUT2D eigenvalue weighted by Crippen LogP contribution is -2.48. The number of alkyl halides is 2. The van der Waals surface area contributed by atoms with Gasteiger partial charge >= 0.3 is 6.43 Å². The smallest absolute Gasteiger partial charge is 0.315 e. The van der Waals surface area contributed by atoms with E-state index >= 15 is 0 Å². The molecule has 2 aliphatic rings. The number of hydrogen-bond acceptors (Lipinski definition) is 1. The number of carbonyl (C=O) groups is 1. The molecule has 1 saturated carbocycles. The van der Waals surface area contributed by atoms with E-state index in [0.717, 1.165) is 32.1 Å². The third kappa shape index (κ3) is 1.62. The second-order valence-corrected chi connectivity index (χ2v) is 4.23. The number of amides is 1. The van der Waals surface area contributed by atoms with Crippen molar-refractivity contribution in [2.24, 2.45) is 5.92 Å².